The zero-order chi connectivity index (χ0) is 72.8. The molecule has 0 fully saturated rings. The lowest BCUT2D eigenvalue weighted by atomic mass is 9.31. The molecule has 0 saturated heterocycles. The summed E-state index contributed by atoms with van der Waals surface area (Å²) in [6.07, 6.45) is 0. The number of hydrogen-bond acceptors (Lipinski definition) is 6. The van der Waals surface area contributed by atoms with Crippen LogP contribution >= 0.6 is 0 Å². The van der Waals surface area contributed by atoms with Crippen molar-refractivity contribution in [2.45, 2.75) is 132 Å². The second kappa shape index (κ2) is 25.8. The molecule has 6 nitrogen and oxygen atoms in total. The summed E-state index contributed by atoms with van der Waals surface area (Å²) in [6, 6.07) is 88.5. The molecule has 0 amide bonds. The van der Waals surface area contributed by atoms with Gasteiger partial charge in [-0.25, -0.2) is 9.59 Å². The first-order valence-corrected chi connectivity index (χ1v) is 38.3. The van der Waals surface area contributed by atoms with Crippen LogP contribution in [0.15, 0.2) is 243 Å². The molecule has 14 aromatic rings. The zero-order valence-electron chi connectivity index (χ0n) is 62.7. The molecule has 0 bridgehead atoms. The van der Waals surface area contributed by atoms with E-state index in [0.29, 0.717) is 23.0 Å². The first-order chi connectivity index (χ1) is 51.4. The van der Waals surface area contributed by atoms with Gasteiger partial charge in [0.1, 0.15) is 13.2 Å². The summed E-state index contributed by atoms with van der Waals surface area (Å²) < 4.78 is 12.9. The van der Waals surface area contributed by atoms with Crippen LogP contribution in [0.25, 0.3) is 76.8 Å². The number of carbonyl (C=O) groups is 2. The monoisotopic (exact) mass is 1380 g/mol. The Hall–Kier alpha value is -11.2. The predicted molar refractivity (Wildman–Crippen MR) is 446 cm³/mol. The number of rotatable bonds is 16. The smallest absolute Gasteiger partial charge is 0.338 e. The van der Waals surface area contributed by atoms with Crippen molar-refractivity contribution in [2.24, 2.45) is 0 Å². The van der Waals surface area contributed by atoms with E-state index >= 15 is 9.59 Å². The summed E-state index contributed by atoms with van der Waals surface area (Å²) in [5.41, 5.74) is 33.1. The van der Waals surface area contributed by atoms with Crippen LogP contribution in [0.4, 0.5) is 34.1 Å². The summed E-state index contributed by atoms with van der Waals surface area (Å²) in [5.74, 6) is 0.435. The van der Waals surface area contributed by atoms with Crippen LogP contribution in [-0.4, -0.2) is 25.4 Å². The van der Waals surface area contributed by atoms with Gasteiger partial charge in [0, 0.05) is 34.1 Å². The summed E-state index contributed by atoms with van der Waals surface area (Å²) in [7, 11) is 0. The minimum absolute atomic E-state index is 0.135. The summed E-state index contributed by atoms with van der Waals surface area (Å²) in [6.45, 7) is 28.0. The van der Waals surface area contributed by atoms with Crippen molar-refractivity contribution in [3.8, 4) is 44.5 Å². The Kier molecular flexibility index (Phi) is 16.3. The van der Waals surface area contributed by atoms with Gasteiger partial charge < -0.3 is 19.3 Å². The highest BCUT2D eigenvalue weighted by Gasteiger charge is 2.47. The lowest BCUT2D eigenvalue weighted by molar-refractivity contribution is 0.0464. The van der Waals surface area contributed by atoms with Crippen LogP contribution in [0, 0.1) is 0 Å². The number of ether oxygens (including phenoxy) is 2. The van der Waals surface area contributed by atoms with E-state index in [2.05, 4.69) is 275 Å². The van der Waals surface area contributed by atoms with E-state index in [0.717, 1.165) is 78.4 Å². The van der Waals surface area contributed by atoms with Gasteiger partial charge in [-0.15, -0.1) is 0 Å². The molecule has 8 heteroatoms. The number of hydrogen-bond donors (Lipinski definition) is 0. The van der Waals surface area contributed by atoms with E-state index in [1.165, 1.54) is 110 Å². The number of fused-ring (bicyclic) bond motifs is 8. The van der Waals surface area contributed by atoms with Gasteiger partial charge in [0.15, 0.2) is 0 Å². The van der Waals surface area contributed by atoms with Crippen molar-refractivity contribution in [3.63, 3.8) is 0 Å². The van der Waals surface area contributed by atoms with Gasteiger partial charge in [-0.05, 0) is 251 Å². The molecule has 0 N–H and O–H groups in total. The van der Waals surface area contributed by atoms with E-state index in [1.807, 2.05) is 60.7 Å². The Morgan fingerprint density at radius 1 is 0.311 bits per heavy atom. The fraction of sp³-hybridized carbons (Fsp3) is 0.204. The van der Waals surface area contributed by atoms with E-state index in [-0.39, 0.29) is 62.2 Å². The minimum Gasteiger partial charge on any atom is -0.457 e. The maximum Gasteiger partial charge on any atom is 0.338 e. The number of nitrogens with zero attached hydrogens (tertiary/aromatic N) is 2. The van der Waals surface area contributed by atoms with Crippen LogP contribution < -0.4 is 42.6 Å². The number of anilines is 6. The topological polar surface area (TPSA) is 59.1 Å². The highest BCUT2D eigenvalue weighted by molar-refractivity contribution is 7.02. The van der Waals surface area contributed by atoms with Crippen molar-refractivity contribution in [1.82, 2.24) is 0 Å². The van der Waals surface area contributed by atoms with E-state index in [1.54, 1.807) is 0 Å². The van der Waals surface area contributed by atoms with Gasteiger partial charge in [-0.3, -0.25) is 0 Å². The Balaban J connectivity index is 1.07. The lowest BCUT2D eigenvalue weighted by Gasteiger charge is -2.42. The summed E-state index contributed by atoms with van der Waals surface area (Å²) in [4.78, 5) is 35.8. The molecule has 0 aromatic heterocycles. The normalized spacial score (nSPS) is 13.1. The van der Waals surface area contributed by atoms with Gasteiger partial charge in [0.25, 0.3) is 0 Å². The van der Waals surface area contributed by atoms with E-state index < -0.39 is 0 Å². The van der Waals surface area contributed by atoms with E-state index in [4.69, 9.17) is 9.47 Å². The van der Waals surface area contributed by atoms with Crippen LogP contribution in [0.3, 0.4) is 0 Å². The number of esters is 2. The fourth-order valence-electron chi connectivity index (χ4n) is 18.4. The molecule has 0 saturated carbocycles. The Bertz CT molecular complexity index is 5500. The Morgan fingerprint density at radius 3 is 0.981 bits per heavy atom. The number of para-hydroxylation sites is 4. The molecule has 18 rings (SSSR count). The van der Waals surface area contributed by atoms with Crippen molar-refractivity contribution in [2.75, 3.05) is 9.80 Å². The van der Waals surface area contributed by atoms with Gasteiger partial charge in [-0.1, -0.05) is 264 Å². The number of carbonyl (C=O) groups excluding carboxylic acids is 2. The molecule has 0 unspecified atom stereocenters. The summed E-state index contributed by atoms with van der Waals surface area (Å²) >= 11 is 0. The molecule has 0 radical (unpaired) electrons. The molecule has 4 heterocycles. The lowest BCUT2D eigenvalue weighted by Crippen LogP contribution is -2.60. The van der Waals surface area contributed by atoms with Crippen molar-refractivity contribution in [3.05, 3.63) is 298 Å². The van der Waals surface area contributed by atoms with Gasteiger partial charge >= 0.3 is 11.9 Å². The SMILES string of the molecule is CC(C)c1cc(C(C)C)c(-c2cc3c4c(cc5c(-c6c(C(C)C)cc(C(C)C)cc6C(C)C)cc6c7c(cc2c4c57)B2c4ccccc4N(c4ccccc4)c4cc(C(=O)OCc5ccccc5)cc-6c42)B2c4ccccc4N(c4ccccc4)c4cc(C(=O)OCc5ccccc5)cc-3c42)c(C(C)C)c1. The average molecular weight is 1380 g/mol. The third-order valence-corrected chi connectivity index (χ3v) is 23.4. The maximum absolute atomic E-state index is 15.5. The molecular formula is C98H86B2N2O4. The zero-order valence-corrected chi connectivity index (χ0v) is 62.7. The molecule has 106 heavy (non-hydrogen) atoms. The van der Waals surface area contributed by atoms with Crippen molar-refractivity contribution >= 4 is 125 Å². The highest BCUT2D eigenvalue weighted by atomic mass is 16.5. The maximum atomic E-state index is 15.5. The minimum atomic E-state index is -0.380. The first kappa shape index (κ1) is 66.7. The second-order valence-electron chi connectivity index (χ2n) is 31.9. The van der Waals surface area contributed by atoms with Crippen LogP contribution in [-0.2, 0) is 22.7 Å². The molecule has 518 valence electrons. The Labute approximate surface area is 624 Å². The van der Waals surface area contributed by atoms with Gasteiger partial charge in [0.2, 0.25) is 13.4 Å². The fourth-order valence-corrected chi connectivity index (χ4v) is 18.4. The third-order valence-electron chi connectivity index (χ3n) is 23.4. The first-order valence-electron chi connectivity index (χ1n) is 38.3. The molecule has 4 aliphatic heterocycles. The van der Waals surface area contributed by atoms with Crippen LogP contribution in [0.2, 0.25) is 0 Å². The summed E-state index contributed by atoms with van der Waals surface area (Å²) in [5, 5.41) is 7.19. The molecule has 0 atom stereocenters. The van der Waals surface area contributed by atoms with Crippen molar-refractivity contribution in [1.29, 1.82) is 0 Å². The van der Waals surface area contributed by atoms with Gasteiger partial charge in [0.05, 0.1) is 11.1 Å². The van der Waals surface area contributed by atoms with Crippen LogP contribution in [0.1, 0.15) is 184 Å². The highest BCUT2D eigenvalue weighted by Crippen LogP contribution is 2.55. The predicted octanol–water partition coefficient (Wildman–Crippen LogP) is 21.9. The van der Waals surface area contributed by atoms with E-state index in [9.17, 15) is 0 Å². The molecule has 0 spiro atoms. The molecule has 4 aliphatic rings. The van der Waals surface area contributed by atoms with Crippen molar-refractivity contribution < 1.29 is 19.1 Å². The Morgan fingerprint density at radius 2 is 0.642 bits per heavy atom. The van der Waals surface area contributed by atoms with Crippen LogP contribution in [0.5, 0.6) is 0 Å². The largest absolute Gasteiger partial charge is 0.457 e. The molecule has 14 aromatic carbocycles. The third kappa shape index (κ3) is 10.5. The standard InChI is InChI=1S/C98H86B2N2O4/c1-55(2)63-41-69(57(5)6)89(70(42-63)58(7)8)73-49-75-79-45-65(97(103)105-53-61-29-17-13-18-30-61)47-87-95(79)100(82-38-26-28-40-86(82)101(87)67-33-21-15-22-34-67)84-52-78-74(90-71(59(9)10)43-64(56(3)4)44-72(90)60(11)12)50-76-80-46-66(98(104)106-54-62-31-19-14-20-32-62)48-88-96(80)99(83-51-77(73)93(91(75)84)94(78)92(76)83)81-37-25-27-39-85(81)102(88)68-35-23-16-24-36-68/h13-52,55-60H,53-54H2,1-12H3. The quantitative estimate of drug-likeness (QED) is 0.0546. The average Bonchev–Trinajstić information content (AvgIpc) is 0.663. The van der Waals surface area contributed by atoms with Gasteiger partial charge in [-0.2, -0.15) is 0 Å². The molecular weight excluding hydrogens is 1290 g/mol. The second-order valence-corrected chi connectivity index (χ2v) is 31.9. The molecule has 0 aliphatic carbocycles. The number of benzene rings is 14.